The van der Waals surface area contributed by atoms with Gasteiger partial charge in [-0.2, -0.15) is 0 Å². The maximum Gasteiger partial charge on any atom is 0.324 e. The lowest BCUT2D eigenvalue weighted by atomic mass is 10.3. The Morgan fingerprint density at radius 2 is 1.81 bits per heavy atom. The van der Waals surface area contributed by atoms with Crippen molar-refractivity contribution in [3.05, 3.63) is 52.6 Å². The van der Waals surface area contributed by atoms with Crippen LogP contribution in [0.1, 0.15) is 13.8 Å². The topological polar surface area (TPSA) is 72.6 Å². The fraction of sp³-hybridized carbons (Fsp3) is 0.200. The van der Waals surface area contributed by atoms with Crippen LogP contribution in [0.5, 0.6) is 11.5 Å². The number of para-hydroxylation sites is 2. The summed E-state index contributed by atoms with van der Waals surface area (Å²) < 4.78 is 5.50. The van der Waals surface area contributed by atoms with Crippen LogP contribution in [0.4, 0.5) is 5.69 Å². The molecular weight excluding hydrogens is 290 g/mol. The molecule has 0 bridgehead atoms. The Kier molecular flexibility index (Phi) is 4.70. The van der Waals surface area contributed by atoms with Gasteiger partial charge in [-0.05, 0) is 38.1 Å². The van der Waals surface area contributed by atoms with E-state index >= 15 is 0 Å². The predicted octanol–water partition coefficient (Wildman–Crippen LogP) is 4.24. The van der Waals surface area contributed by atoms with Crippen LogP contribution in [0.15, 0.2) is 52.3 Å². The number of aromatic hydroxyl groups is 1. The van der Waals surface area contributed by atoms with Gasteiger partial charge in [-0.1, -0.05) is 30.0 Å². The number of nitrogens with zero attached hydrogens (tertiary/aromatic N) is 1. The van der Waals surface area contributed by atoms with Gasteiger partial charge in [0.05, 0.1) is 20.8 Å². The van der Waals surface area contributed by atoms with Crippen LogP contribution in [-0.2, 0) is 0 Å². The Bertz CT molecular complexity index is 658. The molecule has 0 amide bonds. The molecule has 0 heterocycles. The van der Waals surface area contributed by atoms with E-state index in [4.69, 9.17) is 4.74 Å². The zero-order chi connectivity index (χ0) is 15.4. The Morgan fingerprint density at radius 1 is 1.14 bits per heavy atom. The summed E-state index contributed by atoms with van der Waals surface area (Å²) in [6.45, 7) is 3.62. The van der Waals surface area contributed by atoms with Crippen molar-refractivity contribution in [2.24, 2.45) is 0 Å². The Morgan fingerprint density at radius 3 is 2.43 bits per heavy atom. The number of hydrogen-bond acceptors (Lipinski definition) is 5. The predicted molar refractivity (Wildman–Crippen MR) is 81.1 cm³/mol. The van der Waals surface area contributed by atoms with Crippen LogP contribution in [0, 0.1) is 10.1 Å². The third-order valence-electron chi connectivity index (χ3n) is 2.59. The van der Waals surface area contributed by atoms with Crippen LogP contribution >= 0.6 is 11.8 Å². The van der Waals surface area contributed by atoms with Gasteiger partial charge in [-0.25, -0.2) is 0 Å². The quantitative estimate of drug-likeness (QED) is 0.660. The van der Waals surface area contributed by atoms with Crippen LogP contribution < -0.4 is 4.74 Å². The molecule has 0 aliphatic heterocycles. The molecule has 0 aromatic heterocycles. The fourth-order valence-electron chi connectivity index (χ4n) is 1.78. The van der Waals surface area contributed by atoms with Gasteiger partial charge in [-0.3, -0.25) is 10.1 Å². The number of benzene rings is 2. The number of phenolic OH excluding ortho intramolecular Hbond substituents is 1. The lowest BCUT2D eigenvalue weighted by Crippen LogP contribution is -2.07. The molecule has 21 heavy (non-hydrogen) atoms. The number of nitro benzene ring substituents is 1. The Hall–Kier alpha value is -2.21. The number of phenols is 1. The van der Waals surface area contributed by atoms with E-state index in [2.05, 4.69) is 0 Å². The van der Waals surface area contributed by atoms with E-state index in [0.29, 0.717) is 9.79 Å². The van der Waals surface area contributed by atoms with Crippen molar-refractivity contribution in [1.29, 1.82) is 0 Å². The largest absolute Gasteiger partial charge is 0.507 e. The molecule has 0 aliphatic rings. The molecule has 0 spiro atoms. The lowest BCUT2D eigenvalue weighted by Gasteiger charge is -2.12. The van der Waals surface area contributed by atoms with Gasteiger partial charge >= 0.3 is 5.69 Å². The molecule has 0 saturated carbocycles. The molecule has 0 unspecified atom stereocenters. The van der Waals surface area contributed by atoms with E-state index in [0.717, 1.165) is 11.8 Å². The molecular formula is C15H15NO4S. The third kappa shape index (κ3) is 3.66. The van der Waals surface area contributed by atoms with Crippen molar-refractivity contribution in [3.63, 3.8) is 0 Å². The van der Waals surface area contributed by atoms with Gasteiger partial charge in [0.15, 0.2) is 5.75 Å². The van der Waals surface area contributed by atoms with Gasteiger partial charge in [0.1, 0.15) is 5.75 Å². The SMILES string of the molecule is CC(C)Oc1cccc(Sc2ccccc2O)c1[N+](=O)[O-]. The average molecular weight is 305 g/mol. The second-order valence-corrected chi connectivity index (χ2v) is 5.68. The van der Waals surface area contributed by atoms with Crippen LogP contribution in [0.25, 0.3) is 0 Å². The first-order chi connectivity index (χ1) is 9.99. The van der Waals surface area contributed by atoms with Crippen molar-refractivity contribution in [3.8, 4) is 11.5 Å². The molecule has 2 rings (SSSR count). The molecule has 1 N–H and O–H groups in total. The van der Waals surface area contributed by atoms with E-state index < -0.39 is 4.92 Å². The first-order valence-electron chi connectivity index (χ1n) is 6.39. The maximum atomic E-state index is 11.3. The highest BCUT2D eigenvalue weighted by Crippen LogP contribution is 2.43. The molecule has 2 aromatic rings. The molecule has 0 aliphatic carbocycles. The zero-order valence-corrected chi connectivity index (χ0v) is 12.5. The van der Waals surface area contributed by atoms with Crippen molar-refractivity contribution in [2.75, 3.05) is 0 Å². The molecule has 2 aromatic carbocycles. The van der Waals surface area contributed by atoms with Crippen LogP contribution in [-0.4, -0.2) is 16.1 Å². The summed E-state index contributed by atoms with van der Waals surface area (Å²) in [5.41, 5.74) is -0.0838. The van der Waals surface area contributed by atoms with Crippen LogP contribution in [0.2, 0.25) is 0 Å². The van der Waals surface area contributed by atoms with E-state index in [1.54, 1.807) is 42.5 Å². The summed E-state index contributed by atoms with van der Waals surface area (Å²) in [4.78, 5) is 11.9. The highest BCUT2D eigenvalue weighted by Gasteiger charge is 2.23. The molecule has 0 saturated heterocycles. The number of ether oxygens (including phenoxy) is 1. The van der Waals surface area contributed by atoms with Gasteiger partial charge in [0.25, 0.3) is 0 Å². The number of nitro groups is 1. The summed E-state index contributed by atoms with van der Waals surface area (Å²) in [5, 5.41) is 21.1. The maximum absolute atomic E-state index is 11.3. The van der Waals surface area contributed by atoms with Crippen molar-refractivity contribution in [2.45, 2.75) is 29.7 Å². The minimum absolute atomic E-state index is 0.0838. The number of hydrogen-bond donors (Lipinski definition) is 1. The number of rotatable bonds is 5. The normalized spacial score (nSPS) is 10.6. The average Bonchev–Trinajstić information content (AvgIpc) is 2.40. The second kappa shape index (κ2) is 6.49. The van der Waals surface area contributed by atoms with Crippen molar-refractivity contribution in [1.82, 2.24) is 0 Å². The Labute approximate surface area is 126 Å². The first kappa shape index (κ1) is 15.2. The second-order valence-electron chi connectivity index (χ2n) is 4.60. The standard InChI is InChI=1S/C15H15NO4S/c1-10(2)20-12-7-5-9-14(15(12)16(18)19)21-13-8-4-3-6-11(13)17/h3-10,17H,1-2H3. The minimum atomic E-state index is -0.458. The van der Waals surface area contributed by atoms with Gasteiger partial charge in [0.2, 0.25) is 0 Å². The highest BCUT2D eigenvalue weighted by atomic mass is 32.2. The summed E-state index contributed by atoms with van der Waals surface area (Å²) in [5.74, 6) is 0.322. The smallest absolute Gasteiger partial charge is 0.324 e. The summed E-state index contributed by atoms with van der Waals surface area (Å²) in [6, 6.07) is 11.6. The molecule has 0 fully saturated rings. The summed E-state index contributed by atoms with van der Waals surface area (Å²) in [6.07, 6.45) is -0.158. The van der Waals surface area contributed by atoms with E-state index in [-0.39, 0.29) is 23.3 Å². The fourth-order valence-corrected chi connectivity index (χ4v) is 2.75. The van der Waals surface area contributed by atoms with Crippen molar-refractivity contribution >= 4 is 17.4 Å². The van der Waals surface area contributed by atoms with E-state index in [1.807, 2.05) is 13.8 Å². The van der Waals surface area contributed by atoms with E-state index in [1.165, 1.54) is 0 Å². The molecule has 110 valence electrons. The van der Waals surface area contributed by atoms with E-state index in [9.17, 15) is 15.2 Å². The first-order valence-corrected chi connectivity index (χ1v) is 7.20. The molecule has 6 heteroatoms. The molecule has 5 nitrogen and oxygen atoms in total. The Balaban J connectivity index is 2.44. The zero-order valence-electron chi connectivity index (χ0n) is 11.6. The highest BCUT2D eigenvalue weighted by molar-refractivity contribution is 7.99. The van der Waals surface area contributed by atoms with Gasteiger partial charge < -0.3 is 9.84 Å². The third-order valence-corrected chi connectivity index (χ3v) is 3.71. The monoisotopic (exact) mass is 305 g/mol. The molecule has 0 radical (unpaired) electrons. The van der Waals surface area contributed by atoms with Crippen LogP contribution in [0.3, 0.4) is 0 Å². The van der Waals surface area contributed by atoms with Gasteiger partial charge in [-0.15, -0.1) is 0 Å². The van der Waals surface area contributed by atoms with Crippen molar-refractivity contribution < 1.29 is 14.8 Å². The summed E-state index contributed by atoms with van der Waals surface area (Å²) >= 11 is 1.14. The summed E-state index contributed by atoms with van der Waals surface area (Å²) in [7, 11) is 0. The van der Waals surface area contributed by atoms with Gasteiger partial charge in [0, 0.05) is 0 Å². The molecule has 0 atom stereocenters. The minimum Gasteiger partial charge on any atom is -0.507 e. The lowest BCUT2D eigenvalue weighted by molar-refractivity contribution is -0.388.